The quantitative estimate of drug-likeness (QED) is 0.776. The van der Waals surface area contributed by atoms with Gasteiger partial charge in [-0.3, -0.25) is 9.38 Å². The zero-order chi connectivity index (χ0) is 14.9. The highest BCUT2D eigenvalue weighted by Crippen LogP contribution is 2.21. The fourth-order valence-corrected chi connectivity index (χ4v) is 2.85. The first-order valence-electron chi connectivity index (χ1n) is 7.22. The number of nitrogens with one attached hydrogen (secondary N) is 2. The lowest BCUT2D eigenvalue weighted by atomic mass is 10.2. The molecule has 4 heterocycles. The van der Waals surface area contributed by atoms with Gasteiger partial charge in [-0.15, -0.1) is 0 Å². The molecule has 2 N–H and O–H groups in total. The van der Waals surface area contributed by atoms with E-state index in [1.807, 2.05) is 22.7 Å². The first-order chi connectivity index (χ1) is 10.8. The largest absolute Gasteiger partial charge is 0.365 e. The van der Waals surface area contributed by atoms with Crippen molar-refractivity contribution in [2.75, 3.05) is 18.4 Å². The van der Waals surface area contributed by atoms with Crippen molar-refractivity contribution in [2.45, 2.75) is 12.5 Å². The lowest BCUT2D eigenvalue weighted by Gasteiger charge is -2.12. The van der Waals surface area contributed by atoms with Gasteiger partial charge in [-0.2, -0.15) is 0 Å². The highest BCUT2D eigenvalue weighted by molar-refractivity contribution is 6.30. The van der Waals surface area contributed by atoms with Gasteiger partial charge in [0.2, 0.25) is 0 Å². The van der Waals surface area contributed by atoms with E-state index in [-0.39, 0.29) is 0 Å². The number of fused-ring (bicyclic) bond motifs is 1. The van der Waals surface area contributed by atoms with Crippen molar-refractivity contribution in [2.24, 2.45) is 0 Å². The summed E-state index contributed by atoms with van der Waals surface area (Å²) < 4.78 is 1.96. The summed E-state index contributed by atoms with van der Waals surface area (Å²) in [5.41, 5.74) is 2.47. The Morgan fingerprint density at radius 3 is 3.14 bits per heavy atom. The normalized spacial score (nSPS) is 18.0. The van der Waals surface area contributed by atoms with Crippen molar-refractivity contribution in [1.29, 1.82) is 0 Å². The van der Waals surface area contributed by atoms with Crippen LogP contribution in [-0.4, -0.2) is 38.5 Å². The molecule has 112 valence electrons. The van der Waals surface area contributed by atoms with Gasteiger partial charge in [0, 0.05) is 29.9 Å². The molecule has 22 heavy (non-hydrogen) atoms. The van der Waals surface area contributed by atoms with Crippen LogP contribution in [0, 0.1) is 0 Å². The third-order valence-electron chi connectivity index (χ3n) is 3.78. The summed E-state index contributed by atoms with van der Waals surface area (Å²) in [7, 11) is 0. The SMILES string of the molecule is Clc1ccn2c(-c3cncc(NC4CCNC4)n3)cnc2c1. The molecule has 0 radical (unpaired) electrons. The van der Waals surface area contributed by atoms with Gasteiger partial charge in [0.1, 0.15) is 17.2 Å². The zero-order valence-corrected chi connectivity index (χ0v) is 12.6. The van der Waals surface area contributed by atoms with E-state index >= 15 is 0 Å². The average Bonchev–Trinajstić information content (AvgIpc) is 3.16. The summed E-state index contributed by atoms with van der Waals surface area (Å²) in [5.74, 6) is 0.787. The number of anilines is 1. The van der Waals surface area contributed by atoms with Gasteiger partial charge in [-0.05, 0) is 19.0 Å². The molecule has 3 aromatic heterocycles. The molecule has 4 rings (SSSR count). The second-order valence-corrected chi connectivity index (χ2v) is 5.78. The minimum atomic E-state index is 0.408. The van der Waals surface area contributed by atoms with E-state index in [0.717, 1.165) is 42.4 Å². The highest BCUT2D eigenvalue weighted by Gasteiger charge is 2.15. The van der Waals surface area contributed by atoms with Gasteiger partial charge in [0.15, 0.2) is 0 Å². The Hall–Kier alpha value is -2.18. The minimum absolute atomic E-state index is 0.408. The molecule has 7 heteroatoms. The van der Waals surface area contributed by atoms with Crippen LogP contribution in [-0.2, 0) is 0 Å². The van der Waals surface area contributed by atoms with Crippen LogP contribution in [0.5, 0.6) is 0 Å². The predicted octanol–water partition coefficient (Wildman–Crippen LogP) is 2.22. The Morgan fingerprint density at radius 1 is 1.32 bits per heavy atom. The lowest BCUT2D eigenvalue weighted by molar-refractivity contribution is 0.786. The molecule has 1 atom stereocenters. The predicted molar refractivity (Wildman–Crippen MR) is 86.1 cm³/mol. The lowest BCUT2D eigenvalue weighted by Crippen LogP contribution is -2.22. The molecular weight excluding hydrogens is 300 g/mol. The van der Waals surface area contributed by atoms with Crippen LogP contribution in [0.15, 0.2) is 36.9 Å². The molecular formula is C15H15ClN6. The Morgan fingerprint density at radius 2 is 2.27 bits per heavy atom. The van der Waals surface area contributed by atoms with Crippen molar-refractivity contribution in [3.05, 3.63) is 41.9 Å². The monoisotopic (exact) mass is 314 g/mol. The molecule has 1 fully saturated rings. The van der Waals surface area contributed by atoms with Gasteiger partial charge in [0.05, 0.1) is 24.3 Å². The van der Waals surface area contributed by atoms with Crippen LogP contribution in [0.3, 0.4) is 0 Å². The maximum absolute atomic E-state index is 6.00. The summed E-state index contributed by atoms with van der Waals surface area (Å²) in [5, 5.41) is 7.41. The molecule has 3 aromatic rings. The number of hydrogen-bond donors (Lipinski definition) is 2. The second-order valence-electron chi connectivity index (χ2n) is 5.34. The Kier molecular flexibility index (Phi) is 3.40. The van der Waals surface area contributed by atoms with Crippen LogP contribution >= 0.6 is 11.6 Å². The van der Waals surface area contributed by atoms with Crippen molar-refractivity contribution < 1.29 is 0 Å². The molecule has 0 saturated carbocycles. The van der Waals surface area contributed by atoms with E-state index in [1.165, 1.54) is 0 Å². The molecule has 1 aliphatic heterocycles. The van der Waals surface area contributed by atoms with E-state index in [9.17, 15) is 0 Å². The molecule has 0 aliphatic carbocycles. The van der Waals surface area contributed by atoms with E-state index < -0.39 is 0 Å². The standard InChI is InChI=1S/C15H15ClN6/c16-10-2-4-22-13(8-19-15(22)5-10)12-7-18-9-14(21-12)20-11-1-3-17-6-11/h2,4-5,7-9,11,17H,1,3,6H2,(H,20,21). The van der Waals surface area contributed by atoms with Gasteiger partial charge in [-0.25, -0.2) is 9.97 Å². The van der Waals surface area contributed by atoms with Gasteiger partial charge >= 0.3 is 0 Å². The fourth-order valence-electron chi connectivity index (χ4n) is 2.69. The van der Waals surface area contributed by atoms with E-state index in [2.05, 4.69) is 25.6 Å². The molecule has 0 aromatic carbocycles. The minimum Gasteiger partial charge on any atom is -0.365 e. The zero-order valence-electron chi connectivity index (χ0n) is 11.8. The third kappa shape index (κ3) is 2.51. The average molecular weight is 315 g/mol. The van der Waals surface area contributed by atoms with Crippen molar-refractivity contribution in [1.82, 2.24) is 24.7 Å². The van der Waals surface area contributed by atoms with E-state index in [0.29, 0.717) is 11.1 Å². The van der Waals surface area contributed by atoms with Crippen LogP contribution < -0.4 is 10.6 Å². The van der Waals surface area contributed by atoms with Crippen molar-refractivity contribution in [3.8, 4) is 11.4 Å². The van der Waals surface area contributed by atoms with Crippen LogP contribution in [0.25, 0.3) is 17.0 Å². The van der Waals surface area contributed by atoms with Crippen molar-refractivity contribution in [3.63, 3.8) is 0 Å². The number of nitrogens with zero attached hydrogens (tertiary/aromatic N) is 4. The summed E-state index contributed by atoms with van der Waals surface area (Å²) >= 11 is 6.00. The summed E-state index contributed by atoms with van der Waals surface area (Å²) in [6.45, 7) is 2.00. The summed E-state index contributed by atoms with van der Waals surface area (Å²) in [6.07, 6.45) is 8.28. The highest BCUT2D eigenvalue weighted by atomic mass is 35.5. The number of pyridine rings is 1. The number of imidazole rings is 1. The first kappa shape index (κ1) is 13.5. The summed E-state index contributed by atoms with van der Waals surface area (Å²) in [4.78, 5) is 13.3. The van der Waals surface area contributed by atoms with Crippen LogP contribution in [0.2, 0.25) is 5.02 Å². The molecule has 0 amide bonds. The fraction of sp³-hybridized carbons (Fsp3) is 0.267. The Balaban J connectivity index is 1.68. The number of hydrogen-bond acceptors (Lipinski definition) is 5. The van der Waals surface area contributed by atoms with Crippen LogP contribution in [0.4, 0.5) is 5.82 Å². The van der Waals surface area contributed by atoms with E-state index in [4.69, 9.17) is 11.6 Å². The molecule has 0 spiro atoms. The maximum atomic E-state index is 6.00. The second kappa shape index (κ2) is 5.55. The Labute approximate surface area is 132 Å². The Bertz CT molecular complexity index is 809. The molecule has 1 saturated heterocycles. The van der Waals surface area contributed by atoms with Gasteiger partial charge < -0.3 is 10.6 Å². The topological polar surface area (TPSA) is 67.1 Å². The van der Waals surface area contributed by atoms with Gasteiger partial charge in [-0.1, -0.05) is 11.6 Å². The smallest absolute Gasteiger partial charge is 0.145 e. The number of halogens is 1. The van der Waals surface area contributed by atoms with Crippen LogP contribution in [0.1, 0.15) is 6.42 Å². The van der Waals surface area contributed by atoms with Gasteiger partial charge in [0.25, 0.3) is 0 Å². The molecule has 6 nitrogen and oxygen atoms in total. The maximum Gasteiger partial charge on any atom is 0.145 e. The first-order valence-corrected chi connectivity index (χ1v) is 7.60. The van der Waals surface area contributed by atoms with Crippen molar-refractivity contribution >= 4 is 23.1 Å². The molecule has 0 bridgehead atoms. The summed E-state index contributed by atoms with van der Waals surface area (Å²) in [6, 6.07) is 4.06. The number of aromatic nitrogens is 4. The van der Waals surface area contributed by atoms with E-state index in [1.54, 1.807) is 18.6 Å². The molecule has 1 aliphatic rings. The molecule has 1 unspecified atom stereocenters. The third-order valence-corrected chi connectivity index (χ3v) is 4.02. The number of rotatable bonds is 3.